The normalized spacial score (nSPS) is 10.4. The van der Waals surface area contributed by atoms with Crippen molar-refractivity contribution in [1.29, 1.82) is 0 Å². The molecule has 0 fully saturated rings. The van der Waals surface area contributed by atoms with E-state index in [1.54, 1.807) is 0 Å². The van der Waals surface area contributed by atoms with Crippen LogP contribution in [0.15, 0.2) is 24.4 Å². The van der Waals surface area contributed by atoms with Gasteiger partial charge in [-0.05, 0) is 18.2 Å². The molecule has 0 atom stereocenters. The molecule has 4 nitrogen and oxygen atoms in total. The van der Waals surface area contributed by atoms with Crippen LogP contribution >= 0.6 is 0 Å². The minimum Gasteiger partial charge on any atom is -0.383 e. The van der Waals surface area contributed by atoms with Gasteiger partial charge in [0.05, 0.1) is 11.8 Å². The maximum Gasteiger partial charge on any atom is 0.198 e. The van der Waals surface area contributed by atoms with Gasteiger partial charge in [0.15, 0.2) is 17.4 Å². The van der Waals surface area contributed by atoms with Gasteiger partial charge in [0.2, 0.25) is 0 Å². The van der Waals surface area contributed by atoms with Crippen molar-refractivity contribution in [2.24, 2.45) is 0 Å². The van der Waals surface area contributed by atoms with Crippen molar-refractivity contribution in [3.05, 3.63) is 47.2 Å². The van der Waals surface area contributed by atoms with Crippen LogP contribution in [0.4, 0.5) is 14.6 Å². The predicted molar refractivity (Wildman–Crippen MR) is 52.8 cm³/mol. The molecule has 2 rings (SSSR count). The van der Waals surface area contributed by atoms with Crippen LogP contribution in [0.1, 0.15) is 15.9 Å². The Hall–Kier alpha value is -2.24. The third kappa shape index (κ3) is 1.65. The topological polar surface area (TPSA) is 71.8 Å². The fraction of sp³-hybridized carbons (Fsp3) is 0. The summed E-state index contributed by atoms with van der Waals surface area (Å²) >= 11 is 0. The molecule has 0 amide bonds. The summed E-state index contributed by atoms with van der Waals surface area (Å²) in [6.45, 7) is 0. The predicted octanol–water partition coefficient (Wildman–Crippen LogP) is 1.50. The van der Waals surface area contributed by atoms with Gasteiger partial charge in [-0.15, -0.1) is 0 Å². The molecular formula is C10H7F2N3O. The standard InChI is InChI=1S/C10H7F2N3O/c11-7-2-1-5(3-8(7)12)9(16)6-4-14-15-10(6)13/h1-4H,(H3,13,14,15). The Balaban J connectivity index is 2.42. The number of aromatic nitrogens is 2. The lowest BCUT2D eigenvalue weighted by atomic mass is 10.1. The summed E-state index contributed by atoms with van der Waals surface area (Å²) in [5.41, 5.74) is 5.59. The SMILES string of the molecule is Nc1[nH]ncc1C(=O)c1ccc(F)c(F)c1. The Bertz CT molecular complexity index is 551. The average Bonchev–Trinajstić information content (AvgIpc) is 2.67. The number of nitrogens with zero attached hydrogens (tertiary/aromatic N) is 1. The van der Waals surface area contributed by atoms with Crippen LogP contribution < -0.4 is 5.73 Å². The van der Waals surface area contributed by atoms with Gasteiger partial charge in [0.1, 0.15) is 5.82 Å². The number of halogens is 2. The molecule has 0 aliphatic carbocycles. The average molecular weight is 223 g/mol. The molecule has 0 spiro atoms. The van der Waals surface area contributed by atoms with Gasteiger partial charge in [0.25, 0.3) is 0 Å². The molecule has 82 valence electrons. The third-order valence-electron chi connectivity index (χ3n) is 2.10. The number of hydrogen-bond donors (Lipinski definition) is 2. The van der Waals surface area contributed by atoms with Gasteiger partial charge in [-0.2, -0.15) is 5.10 Å². The Labute approximate surface area is 89.1 Å². The summed E-state index contributed by atoms with van der Waals surface area (Å²) in [7, 11) is 0. The number of ketones is 1. The Kier molecular flexibility index (Phi) is 2.40. The first kappa shape index (κ1) is 10.3. The highest BCUT2D eigenvalue weighted by Gasteiger charge is 2.15. The summed E-state index contributed by atoms with van der Waals surface area (Å²) in [6.07, 6.45) is 1.24. The second-order valence-electron chi connectivity index (χ2n) is 3.16. The summed E-state index contributed by atoms with van der Waals surface area (Å²) < 4.78 is 25.6. The van der Waals surface area contributed by atoms with Crippen LogP contribution in [-0.4, -0.2) is 16.0 Å². The van der Waals surface area contributed by atoms with E-state index in [4.69, 9.17) is 5.73 Å². The number of benzene rings is 1. The first-order chi connectivity index (χ1) is 7.59. The zero-order valence-corrected chi connectivity index (χ0v) is 8.00. The fourth-order valence-electron chi connectivity index (χ4n) is 1.27. The number of aromatic amines is 1. The maximum absolute atomic E-state index is 12.9. The van der Waals surface area contributed by atoms with Crippen LogP contribution in [0.25, 0.3) is 0 Å². The van der Waals surface area contributed by atoms with Crippen LogP contribution in [0.5, 0.6) is 0 Å². The molecule has 16 heavy (non-hydrogen) atoms. The first-order valence-corrected chi connectivity index (χ1v) is 4.38. The molecule has 0 bridgehead atoms. The number of carbonyl (C=O) groups excluding carboxylic acids is 1. The highest BCUT2D eigenvalue weighted by Crippen LogP contribution is 2.15. The number of nitrogens with two attached hydrogens (primary N) is 1. The minimum absolute atomic E-state index is 0.0204. The van der Waals surface area contributed by atoms with Crippen molar-refractivity contribution >= 4 is 11.6 Å². The quantitative estimate of drug-likeness (QED) is 0.758. The molecule has 3 N–H and O–H groups in total. The molecule has 0 saturated carbocycles. The van der Waals surface area contributed by atoms with E-state index in [9.17, 15) is 13.6 Å². The number of rotatable bonds is 2. The molecular weight excluding hydrogens is 216 g/mol. The fourth-order valence-corrected chi connectivity index (χ4v) is 1.27. The summed E-state index contributed by atoms with van der Waals surface area (Å²) in [4.78, 5) is 11.8. The molecule has 0 radical (unpaired) electrons. The molecule has 6 heteroatoms. The monoisotopic (exact) mass is 223 g/mol. The van der Waals surface area contributed by atoms with E-state index in [1.165, 1.54) is 12.3 Å². The van der Waals surface area contributed by atoms with E-state index >= 15 is 0 Å². The van der Waals surface area contributed by atoms with Crippen molar-refractivity contribution in [2.45, 2.75) is 0 Å². The van der Waals surface area contributed by atoms with Gasteiger partial charge < -0.3 is 5.73 Å². The van der Waals surface area contributed by atoms with E-state index in [2.05, 4.69) is 10.2 Å². The van der Waals surface area contributed by atoms with Crippen molar-refractivity contribution in [2.75, 3.05) is 5.73 Å². The van der Waals surface area contributed by atoms with E-state index in [-0.39, 0.29) is 16.9 Å². The van der Waals surface area contributed by atoms with E-state index in [0.29, 0.717) is 0 Å². The summed E-state index contributed by atoms with van der Waals surface area (Å²) in [5, 5.41) is 5.95. The summed E-state index contributed by atoms with van der Waals surface area (Å²) in [5.74, 6) is -2.50. The zero-order valence-electron chi connectivity index (χ0n) is 8.00. The number of carbonyl (C=O) groups is 1. The van der Waals surface area contributed by atoms with E-state index in [0.717, 1.165) is 12.1 Å². The third-order valence-corrected chi connectivity index (χ3v) is 2.10. The van der Waals surface area contributed by atoms with Gasteiger partial charge in [-0.1, -0.05) is 0 Å². The molecule has 1 aromatic carbocycles. The van der Waals surface area contributed by atoms with Crippen molar-refractivity contribution in [3.63, 3.8) is 0 Å². The second-order valence-corrected chi connectivity index (χ2v) is 3.16. The molecule has 0 aliphatic heterocycles. The Morgan fingerprint density at radius 2 is 2.06 bits per heavy atom. The molecule has 0 unspecified atom stereocenters. The molecule has 1 heterocycles. The highest BCUT2D eigenvalue weighted by molar-refractivity contribution is 6.11. The van der Waals surface area contributed by atoms with E-state index < -0.39 is 17.4 Å². The number of anilines is 1. The van der Waals surface area contributed by atoms with E-state index in [1.807, 2.05) is 0 Å². The lowest BCUT2D eigenvalue weighted by Crippen LogP contribution is -2.04. The largest absolute Gasteiger partial charge is 0.383 e. The molecule has 0 saturated heterocycles. The number of nitrogen functional groups attached to an aromatic ring is 1. The lowest BCUT2D eigenvalue weighted by molar-refractivity contribution is 0.103. The molecule has 2 aromatic rings. The first-order valence-electron chi connectivity index (χ1n) is 4.38. The minimum atomic E-state index is -1.08. The van der Waals surface area contributed by atoms with Crippen molar-refractivity contribution < 1.29 is 13.6 Å². The van der Waals surface area contributed by atoms with Crippen LogP contribution in [0.3, 0.4) is 0 Å². The Morgan fingerprint density at radius 1 is 1.31 bits per heavy atom. The molecule has 0 aliphatic rings. The van der Waals surface area contributed by atoms with Gasteiger partial charge in [0, 0.05) is 5.56 Å². The molecule has 1 aromatic heterocycles. The zero-order chi connectivity index (χ0) is 11.7. The second kappa shape index (κ2) is 3.73. The Morgan fingerprint density at radius 3 is 2.62 bits per heavy atom. The van der Waals surface area contributed by atoms with Crippen molar-refractivity contribution in [1.82, 2.24) is 10.2 Å². The number of nitrogens with one attached hydrogen (secondary N) is 1. The van der Waals surface area contributed by atoms with Crippen LogP contribution in [0, 0.1) is 11.6 Å². The van der Waals surface area contributed by atoms with Gasteiger partial charge in [-0.3, -0.25) is 9.89 Å². The number of hydrogen-bond acceptors (Lipinski definition) is 3. The smallest absolute Gasteiger partial charge is 0.198 e. The highest BCUT2D eigenvalue weighted by atomic mass is 19.2. The lowest BCUT2D eigenvalue weighted by Gasteiger charge is -2.00. The van der Waals surface area contributed by atoms with Crippen molar-refractivity contribution in [3.8, 4) is 0 Å². The van der Waals surface area contributed by atoms with Gasteiger partial charge in [-0.25, -0.2) is 8.78 Å². The van der Waals surface area contributed by atoms with Gasteiger partial charge >= 0.3 is 0 Å². The maximum atomic E-state index is 12.9. The number of H-pyrrole nitrogens is 1. The summed E-state index contributed by atoms with van der Waals surface area (Å²) in [6, 6.07) is 2.90. The van der Waals surface area contributed by atoms with Crippen LogP contribution in [0.2, 0.25) is 0 Å². The van der Waals surface area contributed by atoms with Crippen LogP contribution in [-0.2, 0) is 0 Å².